The van der Waals surface area contributed by atoms with E-state index in [2.05, 4.69) is 4.74 Å². The van der Waals surface area contributed by atoms with Crippen molar-refractivity contribution in [2.24, 2.45) is 0 Å². The second-order valence-electron chi connectivity index (χ2n) is 3.96. The summed E-state index contributed by atoms with van der Waals surface area (Å²) in [5, 5.41) is 1.75. The van der Waals surface area contributed by atoms with Gasteiger partial charge in [-0.2, -0.15) is 13.2 Å². The summed E-state index contributed by atoms with van der Waals surface area (Å²) in [7, 11) is 1.19. The molecule has 0 radical (unpaired) electrons. The van der Waals surface area contributed by atoms with Crippen LogP contribution in [0.2, 0.25) is 0 Å². The Hall–Kier alpha value is -2.02. The van der Waals surface area contributed by atoms with Gasteiger partial charge in [-0.3, -0.25) is 0 Å². The first-order valence-corrected chi connectivity index (χ1v) is 6.35. The van der Waals surface area contributed by atoms with Crippen molar-refractivity contribution in [2.45, 2.75) is 6.18 Å². The Kier molecular flexibility index (Phi) is 3.71. The lowest BCUT2D eigenvalue weighted by molar-refractivity contribution is -0.137. The largest absolute Gasteiger partial charge is 0.465 e. The Bertz CT molecular complexity index is 649. The van der Waals surface area contributed by atoms with E-state index in [1.54, 1.807) is 0 Å². The molecule has 20 heavy (non-hydrogen) atoms. The number of thiophene rings is 1. The molecule has 106 valence electrons. The molecule has 0 amide bonds. The van der Waals surface area contributed by atoms with Crippen LogP contribution in [0, 0.1) is 0 Å². The van der Waals surface area contributed by atoms with Crippen LogP contribution in [0.3, 0.4) is 0 Å². The van der Waals surface area contributed by atoms with Gasteiger partial charge in [0.1, 0.15) is 10.6 Å². The first-order valence-electron chi connectivity index (χ1n) is 5.47. The highest BCUT2D eigenvalue weighted by atomic mass is 32.1. The molecule has 2 rings (SSSR count). The van der Waals surface area contributed by atoms with Crippen LogP contribution in [0.15, 0.2) is 29.6 Å². The topological polar surface area (TPSA) is 52.3 Å². The minimum absolute atomic E-state index is 0.0943. The van der Waals surface area contributed by atoms with Gasteiger partial charge in [0.25, 0.3) is 0 Å². The lowest BCUT2D eigenvalue weighted by Gasteiger charge is -2.09. The molecule has 0 saturated heterocycles. The van der Waals surface area contributed by atoms with Crippen molar-refractivity contribution in [1.29, 1.82) is 0 Å². The van der Waals surface area contributed by atoms with Gasteiger partial charge in [-0.25, -0.2) is 4.79 Å². The van der Waals surface area contributed by atoms with Crippen molar-refractivity contribution >= 4 is 22.3 Å². The zero-order valence-electron chi connectivity index (χ0n) is 10.3. The first kappa shape index (κ1) is 14.4. The van der Waals surface area contributed by atoms with Crippen LogP contribution in [0.4, 0.5) is 18.2 Å². The maximum absolute atomic E-state index is 12.7. The van der Waals surface area contributed by atoms with Gasteiger partial charge in [-0.05, 0) is 17.7 Å². The number of ether oxygens (including phenoxy) is 1. The van der Waals surface area contributed by atoms with Gasteiger partial charge >= 0.3 is 12.1 Å². The summed E-state index contributed by atoms with van der Waals surface area (Å²) >= 11 is 1.08. The molecule has 0 spiro atoms. The minimum Gasteiger partial charge on any atom is -0.465 e. The summed E-state index contributed by atoms with van der Waals surface area (Å²) in [6, 6.07) is 4.72. The number of rotatable bonds is 2. The summed E-state index contributed by atoms with van der Waals surface area (Å²) in [5.74, 6) is -0.670. The van der Waals surface area contributed by atoms with E-state index in [4.69, 9.17) is 5.73 Å². The third-order valence-electron chi connectivity index (χ3n) is 2.71. The van der Waals surface area contributed by atoms with E-state index in [9.17, 15) is 18.0 Å². The monoisotopic (exact) mass is 301 g/mol. The average Bonchev–Trinajstić information content (AvgIpc) is 2.79. The molecule has 1 heterocycles. The quantitative estimate of drug-likeness (QED) is 0.858. The molecule has 0 fully saturated rings. The number of methoxy groups -OCH3 is 1. The van der Waals surface area contributed by atoms with E-state index < -0.39 is 17.7 Å². The zero-order chi connectivity index (χ0) is 14.9. The molecule has 0 bridgehead atoms. The van der Waals surface area contributed by atoms with E-state index in [1.807, 2.05) is 0 Å². The third kappa shape index (κ3) is 2.62. The number of hydrogen-bond donors (Lipinski definition) is 1. The lowest BCUT2D eigenvalue weighted by atomic mass is 10.0. The Morgan fingerprint density at radius 1 is 1.35 bits per heavy atom. The number of halogens is 3. The van der Waals surface area contributed by atoms with Crippen LogP contribution in [-0.4, -0.2) is 13.1 Å². The van der Waals surface area contributed by atoms with Crippen molar-refractivity contribution in [3.8, 4) is 11.1 Å². The molecule has 0 saturated carbocycles. The Balaban J connectivity index is 2.56. The van der Waals surface area contributed by atoms with Crippen molar-refractivity contribution in [3.63, 3.8) is 0 Å². The molecule has 0 aliphatic heterocycles. The van der Waals surface area contributed by atoms with Gasteiger partial charge in [0.05, 0.1) is 12.7 Å². The smallest absolute Gasteiger partial charge is 0.416 e. The number of esters is 1. The SMILES string of the molecule is COC(=O)c1c(-c2cccc(C(F)(F)F)c2)csc1N. The second-order valence-corrected chi connectivity index (χ2v) is 4.87. The van der Waals surface area contributed by atoms with Crippen LogP contribution >= 0.6 is 11.3 Å². The molecule has 0 atom stereocenters. The van der Waals surface area contributed by atoms with Crippen LogP contribution < -0.4 is 5.73 Å². The molecule has 2 aromatic rings. The van der Waals surface area contributed by atoms with E-state index >= 15 is 0 Å². The first-order chi connectivity index (χ1) is 9.34. The molecule has 0 aliphatic carbocycles. The minimum atomic E-state index is -4.44. The van der Waals surface area contributed by atoms with Crippen LogP contribution in [0.5, 0.6) is 0 Å². The lowest BCUT2D eigenvalue weighted by Crippen LogP contribution is -2.06. The van der Waals surface area contributed by atoms with Gasteiger partial charge in [0, 0.05) is 10.9 Å². The summed E-state index contributed by atoms with van der Waals surface area (Å²) in [6.07, 6.45) is -4.44. The maximum Gasteiger partial charge on any atom is 0.416 e. The Labute approximate surface area is 116 Å². The number of alkyl halides is 3. The molecule has 2 N–H and O–H groups in total. The number of hydrogen-bond acceptors (Lipinski definition) is 4. The van der Waals surface area contributed by atoms with Gasteiger partial charge < -0.3 is 10.5 Å². The number of nitrogens with two attached hydrogens (primary N) is 1. The highest BCUT2D eigenvalue weighted by Crippen LogP contribution is 2.37. The molecular formula is C13H10F3NO2S. The number of carbonyl (C=O) groups excluding carboxylic acids is 1. The second kappa shape index (κ2) is 5.16. The van der Waals surface area contributed by atoms with Gasteiger partial charge in [0.15, 0.2) is 0 Å². The fourth-order valence-corrected chi connectivity index (χ4v) is 2.57. The molecule has 1 aromatic carbocycles. The van der Waals surface area contributed by atoms with Crippen molar-refractivity contribution in [1.82, 2.24) is 0 Å². The molecule has 1 aromatic heterocycles. The van der Waals surface area contributed by atoms with Gasteiger partial charge in [-0.1, -0.05) is 12.1 Å². The summed E-state index contributed by atoms with van der Waals surface area (Å²) in [5.41, 5.74) is 5.60. The fraction of sp³-hybridized carbons (Fsp3) is 0.154. The molecule has 7 heteroatoms. The normalized spacial score (nSPS) is 11.4. The highest BCUT2D eigenvalue weighted by Gasteiger charge is 2.31. The van der Waals surface area contributed by atoms with Crippen molar-refractivity contribution in [2.75, 3.05) is 12.8 Å². The Morgan fingerprint density at radius 2 is 2.05 bits per heavy atom. The van der Waals surface area contributed by atoms with Gasteiger partial charge in [0.2, 0.25) is 0 Å². The molecular weight excluding hydrogens is 291 g/mol. The maximum atomic E-state index is 12.7. The predicted molar refractivity (Wildman–Crippen MR) is 70.5 cm³/mol. The summed E-state index contributed by atoms with van der Waals surface area (Å²) in [4.78, 5) is 11.7. The fourth-order valence-electron chi connectivity index (χ4n) is 1.76. The van der Waals surface area contributed by atoms with E-state index in [0.29, 0.717) is 5.56 Å². The standard InChI is InChI=1S/C13H10F3NO2S/c1-19-12(18)10-9(6-20-11(10)17)7-3-2-4-8(5-7)13(14,15)16/h2-6H,17H2,1H3. The van der Waals surface area contributed by atoms with E-state index in [-0.39, 0.29) is 16.1 Å². The van der Waals surface area contributed by atoms with Crippen LogP contribution in [0.1, 0.15) is 15.9 Å². The number of nitrogen functional groups attached to an aromatic ring is 1. The molecule has 3 nitrogen and oxygen atoms in total. The summed E-state index contributed by atoms with van der Waals surface area (Å²) < 4.78 is 42.7. The van der Waals surface area contributed by atoms with Crippen molar-refractivity contribution < 1.29 is 22.7 Å². The number of anilines is 1. The summed E-state index contributed by atoms with van der Waals surface area (Å²) in [6.45, 7) is 0. The molecule has 0 unspecified atom stereocenters. The van der Waals surface area contributed by atoms with Crippen LogP contribution in [-0.2, 0) is 10.9 Å². The molecule has 0 aliphatic rings. The van der Waals surface area contributed by atoms with Crippen LogP contribution in [0.25, 0.3) is 11.1 Å². The average molecular weight is 301 g/mol. The number of carbonyl (C=O) groups is 1. The zero-order valence-corrected chi connectivity index (χ0v) is 11.1. The Morgan fingerprint density at radius 3 is 2.65 bits per heavy atom. The van der Waals surface area contributed by atoms with E-state index in [1.165, 1.54) is 24.6 Å². The van der Waals surface area contributed by atoms with Gasteiger partial charge in [-0.15, -0.1) is 11.3 Å². The van der Waals surface area contributed by atoms with E-state index in [0.717, 1.165) is 23.5 Å². The third-order valence-corrected chi connectivity index (χ3v) is 3.52. The number of benzene rings is 1. The predicted octanol–water partition coefficient (Wildman–Crippen LogP) is 3.80. The highest BCUT2D eigenvalue weighted by molar-refractivity contribution is 7.14. The van der Waals surface area contributed by atoms with Crippen molar-refractivity contribution in [3.05, 3.63) is 40.8 Å².